The number of carbonyl (C=O) groups excluding carboxylic acids is 1. The van der Waals surface area contributed by atoms with Crippen LogP contribution in [0, 0.1) is 0 Å². The summed E-state index contributed by atoms with van der Waals surface area (Å²) in [6.07, 6.45) is 8.19. The molecule has 160 valence electrons. The van der Waals surface area contributed by atoms with Crippen molar-refractivity contribution in [2.45, 2.75) is 56.0 Å². The molecule has 30 heavy (non-hydrogen) atoms. The average Bonchev–Trinajstić information content (AvgIpc) is 3.11. The summed E-state index contributed by atoms with van der Waals surface area (Å²) in [4.78, 5) is 18.0. The highest BCUT2D eigenvalue weighted by Crippen LogP contribution is 2.46. The minimum Gasteiger partial charge on any atom is -0.339 e. The molecule has 2 aromatic carbocycles. The molecule has 2 aliphatic heterocycles. The molecule has 0 radical (unpaired) electrons. The number of anilines is 1. The van der Waals surface area contributed by atoms with Crippen molar-refractivity contribution in [3.8, 4) is 0 Å². The van der Waals surface area contributed by atoms with E-state index in [4.69, 9.17) is 0 Å². The second-order valence-corrected chi connectivity index (χ2v) is 8.90. The van der Waals surface area contributed by atoms with Gasteiger partial charge in [0, 0.05) is 24.3 Å². The van der Waals surface area contributed by atoms with Crippen LogP contribution in [-0.2, 0) is 10.3 Å². The van der Waals surface area contributed by atoms with Crippen molar-refractivity contribution >= 4 is 28.6 Å². The molecule has 2 heterocycles. The molecule has 0 bridgehead atoms. The van der Waals surface area contributed by atoms with Crippen molar-refractivity contribution in [1.82, 2.24) is 10.2 Å². The Bertz CT molecular complexity index is 843. The van der Waals surface area contributed by atoms with Crippen LogP contribution in [0.25, 0.3) is 0 Å². The van der Waals surface area contributed by atoms with Gasteiger partial charge < -0.3 is 10.2 Å². The number of halogens is 1. The van der Waals surface area contributed by atoms with Crippen LogP contribution in [0.4, 0.5) is 5.69 Å². The predicted molar refractivity (Wildman–Crippen MR) is 127 cm³/mol. The van der Waals surface area contributed by atoms with Crippen LogP contribution >= 0.6 is 17.0 Å². The van der Waals surface area contributed by atoms with Crippen LogP contribution in [0.15, 0.2) is 60.7 Å². The minimum atomic E-state index is -0.398. The summed E-state index contributed by atoms with van der Waals surface area (Å²) in [5.41, 5.74) is 2.36. The third-order valence-electron chi connectivity index (χ3n) is 7.59. The van der Waals surface area contributed by atoms with Gasteiger partial charge in [0.2, 0.25) is 5.91 Å². The van der Waals surface area contributed by atoms with Crippen molar-refractivity contribution in [3.63, 3.8) is 0 Å². The van der Waals surface area contributed by atoms with Crippen molar-refractivity contribution in [3.05, 3.63) is 66.2 Å². The molecule has 5 rings (SSSR count). The van der Waals surface area contributed by atoms with E-state index >= 15 is 0 Å². The fourth-order valence-electron chi connectivity index (χ4n) is 6.01. The lowest BCUT2D eigenvalue weighted by Gasteiger charge is -2.52. The highest BCUT2D eigenvalue weighted by molar-refractivity contribution is 8.93. The Kier molecular flexibility index (Phi) is 6.21. The number of carbonyl (C=O) groups is 1. The molecule has 1 N–H and O–H groups in total. The van der Waals surface area contributed by atoms with Crippen LogP contribution in [0.3, 0.4) is 0 Å². The molecular weight excluding hydrogens is 438 g/mol. The SMILES string of the molecule is Br.O=C1NCN(c2ccccc2)C12CCN(C1(c3ccccc3)CCCCC1)CC2. The Balaban J connectivity index is 0.00000218. The Morgan fingerprint density at radius 1 is 0.733 bits per heavy atom. The summed E-state index contributed by atoms with van der Waals surface area (Å²) in [5, 5.41) is 3.13. The van der Waals surface area contributed by atoms with E-state index in [2.05, 4.69) is 69.7 Å². The molecule has 0 unspecified atom stereocenters. The largest absolute Gasteiger partial charge is 0.339 e. The number of likely N-dealkylation sites (tertiary alicyclic amines) is 1. The number of nitrogens with one attached hydrogen (secondary N) is 1. The van der Waals surface area contributed by atoms with Crippen LogP contribution in [0.1, 0.15) is 50.5 Å². The van der Waals surface area contributed by atoms with Gasteiger partial charge in [-0.1, -0.05) is 67.8 Å². The highest BCUT2D eigenvalue weighted by atomic mass is 79.9. The normalized spacial score (nSPS) is 23.1. The number of hydrogen-bond donors (Lipinski definition) is 1. The molecule has 1 saturated carbocycles. The summed E-state index contributed by atoms with van der Waals surface area (Å²) >= 11 is 0. The monoisotopic (exact) mass is 469 g/mol. The lowest BCUT2D eigenvalue weighted by atomic mass is 9.73. The average molecular weight is 470 g/mol. The maximum Gasteiger partial charge on any atom is 0.247 e. The standard InChI is InChI=1S/C25H31N3O.BrH/c29-23-25(28(20-26-23)22-12-6-2-7-13-22)16-18-27(19-17-25)24(14-8-3-9-15-24)21-10-4-1-5-11-21;/h1-2,4-7,10-13H,3,8-9,14-20H2,(H,26,29);1H. The summed E-state index contributed by atoms with van der Waals surface area (Å²) in [6, 6.07) is 21.5. The first-order valence-corrected chi connectivity index (χ1v) is 11.2. The van der Waals surface area contributed by atoms with Crippen molar-refractivity contribution < 1.29 is 4.79 Å². The quantitative estimate of drug-likeness (QED) is 0.697. The zero-order chi connectivity index (χ0) is 19.7. The number of nitrogens with zero attached hydrogens (tertiary/aromatic N) is 2. The molecule has 1 spiro atoms. The Morgan fingerprint density at radius 3 is 1.97 bits per heavy atom. The predicted octanol–water partition coefficient (Wildman–Crippen LogP) is 4.85. The minimum absolute atomic E-state index is 0. The van der Waals surface area contributed by atoms with Crippen LogP contribution in [0.5, 0.6) is 0 Å². The van der Waals surface area contributed by atoms with Gasteiger partial charge in [-0.2, -0.15) is 0 Å². The van der Waals surface area contributed by atoms with Gasteiger partial charge >= 0.3 is 0 Å². The molecule has 4 nitrogen and oxygen atoms in total. The van der Waals surface area contributed by atoms with Gasteiger partial charge in [0.25, 0.3) is 0 Å². The molecule has 2 aromatic rings. The number of benzene rings is 2. The van der Waals surface area contributed by atoms with Gasteiger partial charge in [0.1, 0.15) is 5.54 Å². The van der Waals surface area contributed by atoms with Gasteiger partial charge in [-0.15, -0.1) is 17.0 Å². The summed E-state index contributed by atoms with van der Waals surface area (Å²) < 4.78 is 0. The molecule has 1 aliphatic carbocycles. The Labute approximate surface area is 190 Å². The summed E-state index contributed by atoms with van der Waals surface area (Å²) in [7, 11) is 0. The van der Waals surface area contributed by atoms with Gasteiger partial charge in [0.15, 0.2) is 0 Å². The van der Waals surface area contributed by atoms with E-state index in [9.17, 15) is 4.79 Å². The van der Waals surface area contributed by atoms with Gasteiger partial charge in [-0.25, -0.2) is 0 Å². The Hall–Kier alpha value is -1.85. The van der Waals surface area contributed by atoms with E-state index in [1.165, 1.54) is 37.7 Å². The molecule has 3 aliphatic rings. The van der Waals surface area contributed by atoms with Crippen molar-refractivity contribution in [1.29, 1.82) is 0 Å². The van der Waals surface area contributed by atoms with E-state index in [0.29, 0.717) is 6.67 Å². The number of piperidine rings is 1. The highest BCUT2D eigenvalue weighted by Gasteiger charge is 2.52. The number of para-hydroxylation sites is 1. The fourth-order valence-corrected chi connectivity index (χ4v) is 6.01. The maximum atomic E-state index is 13.0. The number of rotatable bonds is 3. The topological polar surface area (TPSA) is 35.6 Å². The van der Waals surface area contributed by atoms with Gasteiger partial charge in [-0.3, -0.25) is 9.69 Å². The van der Waals surface area contributed by atoms with Crippen LogP contribution in [0.2, 0.25) is 0 Å². The van der Waals surface area contributed by atoms with E-state index in [0.717, 1.165) is 31.6 Å². The third-order valence-corrected chi connectivity index (χ3v) is 7.59. The zero-order valence-corrected chi connectivity index (χ0v) is 19.3. The molecule has 2 saturated heterocycles. The first-order chi connectivity index (χ1) is 14.2. The molecular formula is C25H32BrN3O. The Morgan fingerprint density at radius 2 is 1.33 bits per heavy atom. The van der Waals surface area contributed by atoms with Crippen LogP contribution in [-0.4, -0.2) is 36.1 Å². The number of amides is 1. The second-order valence-electron chi connectivity index (χ2n) is 8.90. The third kappa shape index (κ3) is 3.46. The van der Waals surface area contributed by atoms with E-state index < -0.39 is 5.54 Å². The lowest BCUT2D eigenvalue weighted by molar-refractivity contribution is -0.126. The van der Waals surface area contributed by atoms with Crippen molar-refractivity contribution in [2.75, 3.05) is 24.7 Å². The first kappa shape index (κ1) is 21.4. The second kappa shape index (κ2) is 8.72. The van der Waals surface area contributed by atoms with Crippen molar-refractivity contribution in [2.24, 2.45) is 0 Å². The van der Waals surface area contributed by atoms with Gasteiger partial charge in [-0.05, 0) is 43.4 Å². The summed E-state index contributed by atoms with van der Waals surface area (Å²) in [5.74, 6) is 0.207. The summed E-state index contributed by atoms with van der Waals surface area (Å²) in [6.45, 7) is 2.57. The molecule has 1 amide bonds. The van der Waals surface area contributed by atoms with Gasteiger partial charge in [0.05, 0.1) is 6.67 Å². The van der Waals surface area contributed by atoms with Crippen LogP contribution < -0.4 is 10.2 Å². The maximum absolute atomic E-state index is 13.0. The first-order valence-electron chi connectivity index (χ1n) is 11.2. The molecule has 5 heteroatoms. The smallest absolute Gasteiger partial charge is 0.247 e. The zero-order valence-electron chi connectivity index (χ0n) is 17.6. The fraction of sp³-hybridized carbons (Fsp3) is 0.480. The van der Waals surface area contributed by atoms with E-state index in [1.807, 2.05) is 6.07 Å². The molecule has 0 aromatic heterocycles. The van der Waals surface area contributed by atoms with E-state index in [-0.39, 0.29) is 28.4 Å². The molecule has 3 fully saturated rings. The number of hydrogen-bond acceptors (Lipinski definition) is 3. The molecule has 0 atom stereocenters. The van der Waals surface area contributed by atoms with E-state index in [1.54, 1.807) is 0 Å². The lowest BCUT2D eigenvalue weighted by Crippen LogP contribution is -2.60.